The van der Waals surface area contributed by atoms with Crippen molar-refractivity contribution in [3.05, 3.63) is 48.0 Å². The molecule has 0 radical (unpaired) electrons. The van der Waals surface area contributed by atoms with Crippen LogP contribution in [-0.2, 0) is 24.3 Å². The summed E-state index contributed by atoms with van der Waals surface area (Å²) in [5.74, 6) is 0.135. The molecule has 2 aromatic rings. The topological polar surface area (TPSA) is 54.3 Å². The van der Waals surface area contributed by atoms with E-state index in [0.29, 0.717) is 6.04 Å². The third-order valence-electron chi connectivity index (χ3n) is 4.96. The Morgan fingerprint density at radius 3 is 2.91 bits per heavy atom. The van der Waals surface area contributed by atoms with Gasteiger partial charge in [-0.05, 0) is 24.0 Å². The van der Waals surface area contributed by atoms with Crippen LogP contribution in [0.1, 0.15) is 17.5 Å². The molecule has 4 rings (SSSR count). The highest BCUT2D eigenvalue weighted by Crippen LogP contribution is 2.24. The van der Waals surface area contributed by atoms with Crippen molar-refractivity contribution in [1.29, 1.82) is 0 Å². The van der Waals surface area contributed by atoms with Gasteiger partial charge >= 0.3 is 0 Å². The summed E-state index contributed by atoms with van der Waals surface area (Å²) in [4.78, 5) is 20.7. The molecular formula is C17H21N5O. The molecule has 6 heteroatoms. The van der Waals surface area contributed by atoms with Crippen LogP contribution in [0.3, 0.4) is 0 Å². The molecule has 1 saturated heterocycles. The van der Waals surface area contributed by atoms with Crippen molar-refractivity contribution in [3.8, 4) is 0 Å². The predicted molar refractivity (Wildman–Crippen MR) is 85.6 cm³/mol. The first-order valence-electron chi connectivity index (χ1n) is 8.20. The van der Waals surface area contributed by atoms with Crippen molar-refractivity contribution in [1.82, 2.24) is 24.6 Å². The third-order valence-corrected chi connectivity index (χ3v) is 4.96. The quantitative estimate of drug-likeness (QED) is 0.846. The molecule has 1 aromatic carbocycles. The maximum Gasteiger partial charge on any atom is 0.244 e. The molecule has 0 bridgehead atoms. The maximum atomic E-state index is 12.4. The summed E-state index contributed by atoms with van der Waals surface area (Å²) in [5.41, 5.74) is 2.91. The molecular weight excluding hydrogens is 290 g/mol. The zero-order chi connectivity index (χ0) is 15.6. The Hall–Kier alpha value is -2.21. The molecule has 6 nitrogen and oxygen atoms in total. The Labute approximate surface area is 135 Å². The lowest BCUT2D eigenvalue weighted by molar-refractivity contribution is -0.131. The number of nitrogens with zero attached hydrogens (tertiary/aromatic N) is 5. The standard InChI is InChI=1S/C17H21N5O/c23-17(11-22-13-18-12-19-22)21-8-6-16(10-21)20-7-5-14-3-1-2-4-15(14)9-20/h1-4,12-13,16H,5-11H2. The van der Waals surface area contributed by atoms with E-state index in [2.05, 4.69) is 39.2 Å². The van der Waals surface area contributed by atoms with Crippen molar-refractivity contribution in [3.63, 3.8) is 0 Å². The first-order valence-corrected chi connectivity index (χ1v) is 8.20. The van der Waals surface area contributed by atoms with E-state index in [0.717, 1.165) is 39.0 Å². The number of benzene rings is 1. The second kappa shape index (κ2) is 6.12. The van der Waals surface area contributed by atoms with Crippen LogP contribution in [0, 0.1) is 0 Å². The molecule has 0 saturated carbocycles. The molecule has 1 unspecified atom stereocenters. The summed E-state index contributed by atoms with van der Waals surface area (Å²) in [6, 6.07) is 9.17. The van der Waals surface area contributed by atoms with Crippen LogP contribution < -0.4 is 0 Å². The number of aromatic nitrogens is 3. The molecule has 2 aliphatic rings. The highest BCUT2D eigenvalue weighted by molar-refractivity contribution is 5.76. The number of hydrogen-bond acceptors (Lipinski definition) is 4. The number of rotatable bonds is 3. The molecule has 3 heterocycles. The van der Waals surface area contributed by atoms with Crippen LogP contribution in [0.2, 0.25) is 0 Å². The molecule has 120 valence electrons. The molecule has 0 aliphatic carbocycles. The van der Waals surface area contributed by atoms with Gasteiger partial charge in [0, 0.05) is 32.2 Å². The highest BCUT2D eigenvalue weighted by Gasteiger charge is 2.31. The molecule has 1 atom stereocenters. The van der Waals surface area contributed by atoms with E-state index in [-0.39, 0.29) is 12.5 Å². The van der Waals surface area contributed by atoms with Gasteiger partial charge < -0.3 is 4.90 Å². The molecule has 23 heavy (non-hydrogen) atoms. The lowest BCUT2D eigenvalue weighted by atomic mass is 9.98. The zero-order valence-corrected chi connectivity index (χ0v) is 13.1. The lowest BCUT2D eigenvalue weighted by Crippen LogP contribution is -2.42. The van der Waals surface area contributed by atoms with Gasteiger partial charge in [0.2, 0.25) is 5.91 Å². The van der Waals surface area contributed by atoms with Crippen molar-refractivity contribution in [2.24, 2.45) is 0 Å². The van der Waals surface area contributed by atoms with E-state index in [1.54, 1.807) is 11.0 Å². The Morgan fingerprint density at radius 1 is 1.22 bits per heavy atom. The van der Waals surface area contributed by atoms with Gasteiger partial charge in [0.15, 0.2) is 0 Å². The number of carbonyl (C=O) groups excluding carboxylic acids is 1. The summed E-state index contributed by atoms with van der Waals surface area (Å²) >= 11 is 0. The zero-order valence-electron chi connectivity index (χ0n) is 13.1. The largest absolute Gasteiger partial charge is 0.339 e. The van der Waals surface area contributed by atoms with E-state index in [1.165, 1.54) is 17.5 Å². The van der Waals surface area contributed by atoms with Gasteiger partial charge in [0.1, 0.15) is 19.2 Å². The van der Waals surface area contributed by atoms with E-state index < -0.39 is 0 Å². The predicted octanol–water partition coefficient (Wildman–Crippen LogP) is 0.937. The minimum atomic E-state index is 0.135. The molecule has 2 aliphatic heterocycles. The fourth-order valence-corrected chi connectivity index (χ4v) is 3.65. The van der Waals surface area contributed by atoms with Crippen molar-refractivity contribution < 1.29 is 4.79 Å². The van der Waals surface area contributed by atoms with Crippen molar-refractivity contribution in [2.75, 3.05) is 19.6 Å². The monoisotopic (exact) mass is 311 g/mol. The number of carbonyl (C=O) groups is 1. The minimum Gasteiger partial charge on any atom is -0.339 e. The first-order chi connectivity index (χ1) is 11.3. The van der Waals surface area contributed by atoms with Crippen molar-refractivity contribution in [2.45, 2.75) is 32.0 Å². The van der Waals surface area contributed by atoms with Crippen LogP contribution in [0.4, 0.5) is 0 Å². The van der Waals surface area contributed by atoms with Gasteiger partial charge in [-0.15, -0.1) is 0 Å². The van der Waals surface area contributed by atoms with Gasteiger partial charge in [0.05, 0.1) is 0 Å². The summed E-state index contributed by atoms with van der Waals surface area (Å²) < 4.78 is 1.59. The Balaban J connectivity index is 1.36. The number of fused-ring (bicyclic) bond motifs is 1. The fraction of sp³-hybridized carbons (Fsp3) is 0.471. The first kappa shape index (κ1) is 14.4. The van der Waals surface area contributed by atoms with E-state index in [1.807, 2.05) is 4.90 Å². The van der Waals surface area contributed by atoms with Gasteiger partial charge in [-0.25, -0.2) is 9.67 Å². The second-order valence-electron chi connectivity index (χ2n) is 6.36. The van der Waals surface area contributed by atoms with Crippen molar-refractivity contribution >= 4 is 5.91 Å². The summed E-state index contributed by atoms with van der Waals surface area (Å²) in [6.45, 7) is 4.06. The van der Waals surface area contributed by atoms with E-state index in [9.17, 15) is 4.79 Å². The van der Waals surface area contributed by atoms with E-state index in [4.69, 9.17) is 0 Å². The Kier molecular flexibility index (Phi) is 3.83. The van der Waals surface area contributed by atoms with E-state index >= 15 is 0 Å². The number of likely N-dealkylation sites (tertiary alicyclic amines) is 1. The van der Waals surface area contributed by atoms with Gasteiger partial charge in [-0.3, -0.25) is 9.69 Å². The normalized spacial score (nSPS) is 21.4. The lowest BCUT2D eigenvalue weighted by Gasteiger charge is -2.33. The maximum absolute atomic E-state index is 12.4. The Bertz CT molecular complexity index is 684. The van der Waals surface area contributed by atoms with Gasteiger partial charge in [0.25, 0.3) is 0 Å². The molecule has 1 aromatic heterocycles. The molecule has 0 spiro atoms. The average Bonchev–Trinajstić information content (AvgIpc) is 3.26. The fourth-order valence-electron chi connectivity index (χ4n) is 3.65. The van der Waals surface area contributed by atoms with Gasteiger partial charge in [-0.1, -0.05) is 24.3 Å². The summed E-state index contributed by atoms with van der Waals surface area (Å²) in [6.07, 6.45) is 5.23. The molecule has 1 fully saturated rings. The van der Waals surface area contributed by atoms with Crippen LogP contribution in [-0.4, -0.2) is 56.1 Å². The summed E-state index contributed by atoms with van der Waals surface area (Å²) in [7, 11) is 0. The SMILES string of the molecule is O=C(Cn1cncn1)N1CCC(N2CCc3ccccc3C2)C1. The number of amides is 1. The molecule has 1 amide bonds. The molecule has 0 N–H and O–H groups in total. The average molecular weight is 311 g/mol. The van der Waals surface area contributed by atoms with Crippen LogP contribution in [0.5, 0.6) is 0 Å². The van der Waals surface area contributed by atoms with Gasteiger partial charge in [-0.2, -0.15) is 5.10 Å². The van der Waals surface area contributed by atoms with Crippen LogP contribution >= 0.6 is 0 Å². The second-order valence-corrected chi connectivity index (χ2v) is 6.36. The number of hydrogen-bond donors (Lipinski definition) is 0. The van der Waals surface area contributed by atoms with Crippen LogP contribution in [0.25, 0.3) is 0 Å². The minimum absolute atomic E-state index is 0.135. The van der Waals surface area contributed by atoms with Crippen LogP contribution in [0.15, 0.2) is 36.9 Å². The smallest absolute Gasteiger partial charge is 0.244 e. The summed E-state index contributed by atoms with van der Waals surface area (Å²) in [5, 5.41) is 4.01. The Morgan fingerprint density at radius 2 is 2.09 bits per heavy atom. The third kappa shape index (κ3) is 2.99. The highest BCUT2D eigenvalue weighted by atomic mass is 16.2.